The second kappa shape index (κ2) is 15.0. The molecule has 0 aromatic heterocycles. The summed E-state index contributed by atoms with van der Waals surface area (Å²) in [6.07, 6.45) is 1.37. The first-order chi connectivity index (χ1) is 19.5. The number of halogens is 2. The Hall–Kier alpha value is -3.43. The van der Waals surface area contributed by atoms with Crippen molar-refractivity contribution in [3.63, 3.8) is 0 Å². The first-order valence-electron chi connectivity index (χ1n) is 13.5. The van der Waals surface area contributed by atoms with Crippen LogP contribution in [0.1, 0.15) is 37.8 Å². The van der Waals surface area contributed by atoms with Crippen LogP contribution in [0.4, 0.5) is 10.1 Å². The molecular formula is C31H37ClFN3O4S. The van der Waals surface area contributed by atoms with Gasteiger partial charge in [0.2, 0.25) is 21.8 Å². The molecule has 3 rings (SSSR count). The van der Waals surface area contributed by atoms with Crippen LogP contribution in [0.5, 0.6) is 0 Å². The zero-order valence-corrected chi connectivity index (χ0v) is 25.2. The zero-order chi connectivity index (χ0) is 30.0. The Morgan fingerprint density at radius 3 is 2.24 bits per heavy atom. The monoisotopic (exact) mass is 601 g/mol. The first kappa shape index (κ1) is 32.1. The van der Waals surface area contributed by atoms with Crippen molar-refractivity contribution in [1.29, 1.82) is 0 Å². The predicted molar refractivity (Wildman–Crippen MR) is 162 cm³/mol. The number of nitrogens with one attached hydrogen (secondary N) is 1. The van der Waals surface area contributed by atoms with E-state index < -0.39 is 21.9 Å². The van der Waals surface area contributed by atoms with Gasteiger partial charge in [-0.1, -0.05) is 80.0 Å². The molecule has 3 aromatic rings. The fraction of sp³-hybridized carbons (Fsp3) is 0.355. The number of nitrogens with zero attached hydrogens (tertiary/aromatic N) is 2. The average Bonchev–Trinajstić information content (AvgIpc) is 2.92. The molecule has 0 fully saturated rings. The van der Waals surface area contributed by atoms with Crippen LogP contribution in [0.25, 0.3) is 0 Å². The maximum absolute atomic E-state index is 14.5. The summed E-state index contributed by atoms with van der Waals surface area (Å²) < 4.78 is 40.4. The predicted octanol–water partition coefficient (Wildman–Crippen LogP) is 5.44. The van der Waals surface area contributed by atoms with E-state index in [0.29, 0.717) is 18.0 Å². The van der Waals surface area contributed by atoms with E-state index in [2.05, 4.69) is 5.32 Å². The molecule has 0 unspecified atom stereocenters. The van der Waals surface area contributed by atoms with E-state index in [1.165, 1.54) is 23.1 Å². The quantitative estimate of drug-likeness (QED) is 0.267. The second-order valence-corrected chi connectivity index (χ2v) is 12.7. The lowest BCUT2D eigenvalue weighted by Gasteiger charge is -2.32. The lowest BCUT2D eigenvalue weighted by atomic mass is 10.0. The molecule has 0 aliphatic carbocycles. The molecule has 41 heavy (non-hydrogen) atoms. The van der Waals surface area contributed by atoms with Gasteiger partial charge >= 0.3 is 0 Å². The van der Waals surface area contributed by atoms with Gasteiger partial charge < -0.3 is 10.2 Å². The number of carbonyl (C=O) groups is 2. The highest BCUT2D eigenvalue weighted by molar-refractivity contribution is 7.92. The molecule has 1 N–H and O–H groups in total. The number of hydrogen-bond donors (Lipinski definition) is 1. The van der Waals surface area contributed by atoms with Crippen LogP contribution in [0.3, 0.4) is 0 Å². The SMILES string of the molecule is CC(C)CNC(=O)[C@@H](Cc1ccccc1)N(Cc1cccc(Cl)c1)C(=O)CCCN(c1ccccc1F)S(C)(=O)=O. The molecular weight excluding hydrogens is 565 g/mol. The lowest BCUT2D eigenvalue weighted by Crippen LogP contribution is -2.51. The number of benzene rings is 3. The highest BCUT2D eigenvalue weighted by atomic mass is 35.5. The molecule has 0 aliphatic heterocycles. The molecule has 220 valence electrons. The molecule has 0 spiro atoms. The molecule has 3 aromatic carbocycles. The number of carbonyl (C=O) groups excluding carboxylic acids is 2. The number of rotatable bonds is 14. The minimum absolute atomic E-state index is 0.0518. The van der Waals surface area contributed by atoms with E-state index in [1.807, 2.05) is 50.2 Å². The van der Waals surface area contributed by atoms with Gasteiger partial charge in [0.25, 0.3) is 0 Å². The minimum Gasteiger partial charge on any atom is -0.354 e. The molecule has 0 saturated heterocycles. The van der Waals surface area contributed by atoms with Crippen molar-refractivity contribution in [2.45, 2.75) is 45.7 Å². The molecule has 7 nitrogen and oxygen atoms in total. The van der Waals surface area contributed by atoms with Crippen LogP contribution >= 0.6 is 11.6 Å². The maximum atomic E-state index is 14.5. The summed E-state index contributed by atoms with van der Waals surface area (Å²) in [6.45, 7) is 4.47. The van der Waals surface area contributed by atoms with Crippen LogP contribution < -0.4 is 9.62 Å². The van der Waals surface area contributed by atoms with Crippen molar-refractivity contribution < 1.29 is 22.4 Å². The average molecular weight is 602 g/mol. The Morgan fingerprint density at radius 2 is 1.61 bits per heavy atom. The van der Waals surface area contributed by atoms with Crippen LogP contribution in [0.2, 0.25) is 5.02 Å². The summed E-state index contributed by atoms with van der Waals surface area (Å²) in [7, 11) is -3.81. The standard InChI is InChI=1S/C31H37ClFN3O4S/c1-23(2)21-34-31(38)29(20-24-11-5-4-6-12-24)35(22-25-13-9-14-26(32)19-25)30(37)17-10-18-36(41(3,39)40)28-16-8-7-15-27(28)33/h4-9,11-16,19,23,29H,10,17-18,20-22H2,1-3H3,(H,34,38)/t29-/m1/s1. The van der Waals surface area contributed by atoms with Gasteiger partial charge in [-0.15, -0.1) is 0 Å². The summed E-state index contributed by atoms with van der Waals surface area (Å²) >= 11 is 6.22. The van der Waals surface area contributed by atoms with E-state index in [9.17, 15) is 22.4 Å². The van der Waals surface area contributed by atoms with Crippen molar-refractivity contribution >= 4 is 39.1 Å². The molecule has 10 heteroatoms. The second-order valence-electron chi connectivity index (χ2n) is 10.4. The maximum Gasteiger partial charge on any atom is 0.243 e. The molecule has 2 amide bonds. The Bertz CT molecular complexity index is 1420. The van der Waals surface area contributed by atoms with Crippen molar-refractivity contribution in [2.24, 2.45) is 5.92 Å². The lowest BCUT2D eigenvalue weighted by molar-refractivity contribution is -0.141. The van der Waals surface area contributed by atoms with Crippen LogP contribution in [0, 0.1) is 11.7 Å². The molecule has 0 radical (unpaired) electrons. The van der Waals surface area contributed by atoms with Crippen LogP contribution in [-0.2, 0) is 32.6 Å². The third-order valence-electron chi connectivity index (χ3n) is 6.47. The topological polar surface area (TPSA) is 86.8 Å². The fourth-order valence-electron chi connectivity index (χ4n) is 4.44. The molecule has 1 atom stereocenters. The van der Waals surface area contributed by atoms with Crippen molar-refractivity contribution in [3.8, 4) is 0 Å². The Balaban J connectivity index is 1.89. The highest BCUT2D eigenvalue weighted by Gasteiger charge is 2.31. The normalized spacial score (nSPS) is 12.1. The summed E-state index contributed by atoms with van der Waals surface area (Å²) in [5.74, 6) is -1.06. The summed E-state index contributed by atoms with van der Waals surface area (Å²) in [5, 5.41) is 3.48. The molecule has 0 heterocycles. The molecule has 0 aliphatic rings. The van der Waals surface area contributed by atoms with Crippen molar-refractivity contribution in [3.05, 3.63) is 101 Å². The van der Waals surface area contributed by atoms with E-state index in [-0.39, 0.29) is 49.4 Å². The van der Waals surface area contributed by atoms with Gasteiger partial charge in [0.05, 0.1) is 11.9 Å². The number of sulfonamides is 1. The number of para-hydroxylation sites is 1. The van der Waals surface area contributed by atoms with Crippen molar-refractivity contribution in [1.82, 2.24) is 10.2 Å². The van der Waals surface area contributed by atoms with Gasteiger partial charge in [-0.3, -0.25) is 13.9 Å². The Labute approximate surface area is 247 Å². The third kappa shape index (κ3) is 9.86. The zero-order valence-electron chi connectivity index (χ0n) is 23.6. The van der Waals surface area contributed by atoms with E-state index in [1.54, 1.807) is 24.3 Å². The first-order valence-corrected chi connectivity index (χ1v) is 15.8. The number of amides is 2. The summed E-state index contributed by atoms with van der Waals surface area (Å²) in [4.78, 5) is 28.9. The summed E-state index contributed by atoms with van der Waals surface area (Å²) in [6, 6.07) is 21.3. The smallest absolute Gasteiger partial charge is 0.243 e. The van der Waals surface area contributed by atoms with E-state index in [4.69, 9.17) is 11.6 Å². The van der Waals surface area contributed by atoms with Gasteiger partial charge in [-0.05, 0) is 47.7 Å². The number of anilines is 1. The van der Waals surface area contributed by atoms with Crippen LogP contribution in [-0.4, -0.2) is 50.5 Å². The minimum atomic E-state index is -3.81. The van der Waals surface area contributed by atoms with Gasteiger partial charge in [-0.2, -0.15) is 0 Å². The fourth-order valence-corrected chi connectivity index (χ4v) is 5.62. The van der Waals surface area contributed by atoms with Crippen LogP contribution in [0.15, 0.2) is 78.9 Å². The molecule has 0 saturated carbocycles. The van der Waals surface area contributed by atoms with Gasteiger partial charge in [0, 0.05) is 37.5 Å². The Morgan fingerprint density at radius 1 is 0.951 bits per heavy atom. The van der Waals surface area contributed by atoms with E-state index in [0.717, 1.165) is 21.7 Å². The Kier molecular flexibility index (Phi) is 11.7. The summed E-state index contributed by atoms with van der Waals surface area (Å²) in [5.41, 5.74) is 1.57. The van der Waals surface area contributed by atoms with Crippen molar-refractivity contribution in [2.75, 3.05) is 23.7 Å². The van der Waals surface area contributed by atoms with Gasteiger partial charge in [-0.25, -0.2) is 12.8 Å². The van der Waals surface area contributed by atoms with Gasteiger partial charge in [0.1, 0.15) is 11.9 Å². The van der Waals surface area contributed by atoms with E-state index >= 15 is 0 Å². The highest BCUT2D eigenvalue weighted by Crippen LogP contribution is 2.23. The number of hydrogen-bond acceptors (Lipinski definition) is 4. The third-order valence-corrected chi connectivity index (χ3v) is 7.89. The molecule has 0 bridgehead atoms. The van der Waals surface area contributed by atoms with Gasteiger partial charge in [0.15, 0.2) is 0 Å². The largest absolute Gasteiger partial charge is 0.354 e.